The predicted octanol–water partition coefficient (Wildman–Crippen LogP) is 2.99. The third-order valence-electron chi connectivity index (χ3n) is 3.91. The molecular weight excluding hydrogens is 324 g/mol. The second-order valence-corrected chi connectivity index (χ2v) is 7.28. The molecule has 0 radical (unpaired) electrons. The molecule has 0 aliphatic heterocycles. The van der Waals surface area contributed by atoms with Gasteiger partial charge in [-0.15, -0.1) is 0 Å². The van der Waals surface area contributed by atoms with Crippen LogP contribution in [0.25, 0.3) is 0 Å². The summed E-state index contributed by atoms with van der Waals surface area (Å²) in [5.41, 5.74) is 0.933. The molecule has 2 aromatic carbocycles. The first-order valence-electron chi connectivity index (χ1n) is 7.85. The quantitative estimate of drug-likeness (QED) is 0.808. The molecule has 0 heterocycles. The maximum Gasteiger partial charge on any atom is 0.264 e. The number of carbonyl (C=O) groups excluding carboxylic acids is 1. The predicted molar refractivity (Wildman–Crippen MR) is 95.7 cm³/mol. The van der Waals surface area contributed by atoms with Crippen molar-refractivity contribution in [2.45, 2.75) is 18.7 Å². The van der Waals surface area contributed by atoms with Crippen LogP contribution in [0.5, 0.6) is 0 Å². The minimum atomic E-state index is -3.66. The van der Waals surface area contributed by atoms with Crippen LogP contribution >= 0.6 is 0 Å². The van der Waals surface area contributed by atoms with Gasteiger partial charge in [0.2, 0.25) is 0 Å². The van der Waals surface area contributed by atoms with Gasteiger partial charge in [-0.3, -0.25) is 9.10 Å². The fourth-order valence-electron chi connectivity index (χ4n) is 2.42. The van der Waals surface area contributed by atoms with Gasteiger partial charge in [-0.2, -0.15) is 0 Å². The van der Waals surface area contributed by atoms with Crippen LogP contribution in [0.2, 0.25) is 0 Å². The number of nitrogens with zero attached hydrogens (tertiary/aromatic N) is 2. The average molecular weight is 346 g/mol. The Hall–Kier alpha value is -2.34. The molecule has 128 valence electrons. The van der Waals surface area contributed by atoms with Gasteiger partial charge in [0.05, 0.1) is 10.6 Å². The fraction of sp³-hybridized carbons (Fsp3) is 0.278. The second kappa shape index (κ2) is 7.49. The maximum absolute atomic E-state index is 12.7. The summed E-state index contributed by atoms with van der Waals surface area (Å²) in [4.78, 5) is 14.4. The zero-order valence-electron chi connectivity index (χ0n) is 14.1. The van der Waals surface area contributed by atoms with E-state index >= 15 is 0 Å². The molecule has 0 unspecified atom stereocenters. The Morgan fingerprint density at radius 3 is 2.17 bits per heavy atom. The largest absolute Gasteiger partial charge is 0.339 e. The van der Waals surface area contributed by atoms with Gasteiger partial charge < -0.3 is 4.90 Å². The lowest BCUT2D eigenvalue weighted by molar-refractivity contribution is 0.0773. The normalized spacial score (nSPS) is 11.1. The van der Waals surface area contributed by atoms with Gasteiger partial charge in [-0.1, -0.05) is 24.3 Å². The number of rotatable bonds is 6. The van der Waals surface area contributed by atoms with Crippen molar-refractivity contribution in [1.82, 2.24) is 4.90 Å². The van der Waals surface area contributed by atoms with Crippen LogP contribution in [0, 0.1) is 0 Å². The Kier molecular flexibility index (Phi) is 5.62. The molecule has 0 atom stereocenters. The van der Waals surface area contributed by atoms with Crippen LogP contribution in [0.15, 0.2) is 59.5 Å². The van der Waals surface area contributed by atoms with E-state index in [1.54, 1.807) is 59.5 Å². The Bertz CT molecular complexity index is 800. The molecule has 0 spiro atoms. The molecule has 6 heteroatoms. The Morgan fingerprint density at radius 2 is 1.58 bits per heavy atom. The molecule has 0 N–H and O–H groups in total. The van der Waals surface area contributed by atoms with Crippen LogP contribution in [-0.4, -0.2) is 39.4 Å². The molecule has 0 bridgehead atoms. The number of hydrogen-bond acceptors (Lipinski definition) is 3. The highest BCUT2D eigenvalue weighted by Crippen LogP contribution is 2.23. The number of sulfonamides is 1. The topological polar surface area (TPSA) is 57.7 Å². The van der Waals surface area contributed by atoms with Gasteiger partial charge in [0.1, 0.15) is 0 Å². The van der Waals surface area contributed by atoms with Crippen LogP contribution in [0.1, 0.15) is 24.2 Å². The third kappa shape index (κ3) is 3.59. The van der Waals surface area contributed by atoms with E-state index in [1.807, 2.05) is 13.8 Å². The molecular formula is C18H22N2O3S. The highest BCUT2D eigenvalue weighted by molar-refractivity contribution is 7.92. The Morgan fingerprint density at radius 1 is 0.958 bits per heavy atom. The van der Waals surface area contributed by atoms with Crippen molar-refractivity contribution in [3.63, 3.8) is 0 Å². The van der Waals surface area contributed by atoms with Crippen molar-refractivity contribution in [3.8, 4) is 0 Å². The number of benzene rings is 2. The summed E-state index contributed by atoms with van der Waals surface area (Å²) in [7, 11) is -2.17. The molecule has 0 aromatic heterocycles. The van der Waals surface area contributed by atoms with E-state index in [1.165, 1.54) is 11.4 Å². The summed E-state index contributed by atoms with van der Waals surface area (Å²) in [5, 5.41) is 0. The van der Waals surface area contributed by atoms with E-state index < -0.39 is 10.0 Å². The molecule has 5 nitrogen and oxygen atoms in total. The third-order valence-corrected chi connectivity index (χ3v) is 5.71. The van der Waals surface area contributed by atoms with Crippen molar-refractivity contribution < 1.29 is 13.2 Å². The van der Waals surface area contributed by atoms with E-state index in [4.69, 9.17) is 0 Å². The summed E-state index contributed by atoms with van der Waals surface area (Å²) in [6, 6.07) is 14.9. The van der Waals surface area contributed by atoms with Gasteiger partial charge in [0.15, 0.2) is 0 Å². The van der Waals surface area contributed by atoms with Crippen molar-refractivity contribution in [2.24, 2.45) is 0 Å². The summed E-state index contributed by atoms with van der Waals surface area (Å²) in [6.45, 7) is 5.05. The van der Waals surface area contributed by atoms with E-state index in [2.05, 4.69) is 0 Å². The van der Waals surface area contributed by atoms with Gasteiger partial charge in [0, 0.05) is 25.7 Å². The minimum absolute atomic E-state index is 0.104. The van der Waals surface area contributed by atoms with Gasteiger partial charge >= 0.3 is 0 Å². The summed E-state index contributed by atoms with van der Waals surface area (Å²) < 4.78 is 26.6. The second-order valence-electron chi connectivity index (χ2n) is 5.31. The van der Waals surface area contributed by atoms with Crippen LogP contribution in [0.4, 0.5) is 5.69 Å². The SMILES string of the molecule is CCN(CC)C(=O)c1cccc(N(C)S(=O)(=O)c2ccccc2)c1. The first-order valence-corrected chi connectivity index (χ1v) is 9.29. The molecule has 0 fully saturated rings. The van der Waals surface area contributed by atoms with Gasteiger partial charge in [0.25, 0.3) is 15.9 Å². The molecule has 0 saturated carbocycles. The number of anilines is 1. The highest BCUT2D eigenvalue weighted by atomic mass is 32.2. The van der Waals surface area contributed by atoms with Crippen LogP contribution in [-0.2, 0) is 10.0 Å². The molecule has 2 aromatic rings. The molecule has 0 saturated heterocycles. The highest BCUT2D eigenvalue weighted by Gasteiger charge is 2.22. The summed E-state index contributed by atoms with van der Waals surface area (Å²) in [5.74, 6) is -0.104. The average Bonchev–Trinajstić information content (AvgIpc) is 2.62. The molecule has 1 amide bonds. The summed E-state index contributed by atoms with van der Waals surface area (Å²) >= 11 is 0. The minimum Gasteiger partial charge on any atom is -0.339 e. The smallest absolute Gasteiger partial charge is 0.264 e. The zero-order valence-corrected chi connectivity index (χ0v) is 15.0. The molecule has 0 aliphatic carbocycles. The number of carbonyl (C=O) groups is 1. The summed E-state index contributed by atoms with van der Waals surface area (Å²) in [6.07, 6.45) is 0. The first-order chi connectivity index (χ1) is 11.4. The Balaban J connectivity index is 2.36. The van der Waals surface area contributed by atoms with Gasteiger partial charge in [-0.05, 0) is 44.2 Å². The molecule has 2 rings (SSSR count). The monoisotopic (exact) mass is 346 g/mol. The number of hydrogen-bond donors (Lipinski definition) is 0. The van der Waals surface area contributed by atoms with E-state index in [-0.39, 0.29) is 10.8 Å². The zero-order chi connectivity index (χ0) is 17.7. The lowest BCUT2D eigenvalue weighted by Crippen LogP contribution is -2.31. The van der Waals surface area contributed by atoms with Crippen LogP contribution in [0.3, 0.4) is 0 Å². The Labute approximate surface area is 143 Å². The van der Waals surface area contributed by atoms with Crippen molar-refractivity contribution >= 4 is 21.6 Å². The van der Waals surface area contributed by atoms with Crippen molar-refractivity contribution in [1.29, 1.82) is 0 Å². The lowest BCUT2D eigenvalue weighted by atomic mass is 10.1. The van der Waals surface area contributed by atoms with Crippen molar-refractivity contribution in [2.75, 3.05) is 24.4 Å². The van der Waals surface area contributed by atoms with E-state index in [9.17, 15) is 13.2 Å². The molecule has 0 aliphatic rings. The standard InChI is InChI=1S/C18H22N2O3S/c1-4-20(5-2)18(21)15-10-9-11-16(14-15)19(3)24(22,23)17-12-7-6-8-13-17/h6-14H,4-5H2,1-3H3. The lowest BCUT2D eigenvalue weighted by Gasteiger charge is -2.22. The van der Waals surface area contributed by atoms with E-state index in [0.29, 0.717) is 24.3 Å². The molecule has 24 heavy (non-hydrogen) atoms. The maximum atomic E-state index is 12.7. The fourth-order valence-corrected chi connectivity index (χ4v) is 3.63. The number of amides is 1. The van der Waals surface area contributed by atoms with Crippen LogP contribution < -0.4 is 4.31 Å². The first kappa shape index (κ1) is 18.0. The van der Waals surface area contributed by atoms with E-state index in [0.717, 1.165) is 0 Å². The van der Waals surface area contributed by atoms with Gasteiger partial charge in [-0.25, -0.2) is 8.42 Å². The van der Waals surface area contributed by atoms with Crippen molar-refractivity contribution in [3.05, 3.63) is 60.2 Å².